The number of carboxylic acid groups (broad SMARTS) is 1. The number of aliphatic carboxylic acids is 1. The van der Waals surface area contributed by atoms with Gasteiger partial charge in [-0.15, -0.1) is 11.8 Å². The van der Waals surface area contributed by atoms with E-state index < -0.39 is 5.97 Å². The van der Waals surface area contributed by atoms with Crippen molar-refractivity contribution in [2.45, 2.75) is 36.8 Å². The molecule has 0 spiro atoms. The summed E-state index contributed by atoms with van der Waals surface area (Å²) in [4.78, 5) is 11.8. The minimum atomic E-state index is -0.711. The van der Waals surface area contributed by atoms with E-state index in [9.17, 15) is 4.79 Å². The molecule has 0 bridgehead atoms. The fraction of sp³-hybridized carbons (Fsp3) is 0.667. The first-order valence-corrected chi connectivity index (χ1v) is 8.82. The Kier molecular flexibility index (Phi) is 5.26. The van der Waals surface area contributed by atoms with Crippen LogP contribution in [0.2, 0.25) is 0 Å². The summed E-state index contributed by atoms with van der Waals surface area (Å²) in [6.07, 6.45) is 4.19. The lowest BCUT2D eigenvalue weighted by Gasteiger charge is -2.07. The van der Waals surface area contributed by atoms with Crippen LogP contribution in [0, 0.1) is 6.92 Å². The van der Waals surface area contributed by atoms with Crippen molar-refractivity contribution in [1.82, 2.24) is 4.58 Å². The highest BCUT2D eigenvalue weighted by molar-refractivity contribution is 8.01. The van der Waals surface area contributed by atoms with Gasteiger partial charge in [0.1, 0.15) is 13.1 Å². The van der Waals surface area contributed by atoms with Crippen LogP contribution in [-0.4, -0.2) is 29.9 Å². The second-order valence-electron chi connectivity index (χ2n) is 4.35. The Morgan fingerprint density at radius 3 is 2.72 bits per heavy atom. The van der Waals surface area contributed by atoms with E-state index in [4.69, 9.17) is 5.11 Å². The van der Waals surface area contributed by atoms with E-state index in [1.807, 2.05) is 22.7 Å². The maximum atomic E-state index is 10.5. The van der Waals surface area contributed by atoms with E-state index in [0.29, 0.717) is 5.75 Å². The number of rotatable bonds is 4. The summed E-state index contributed by atoms with van der Waals surface area (Å²) in [6.45, 7) is 4.49. The summed E-state index contributed by atoms with van der Waals surface area (Å²) in [6, 6.07) is 0. The van der Waals surface area contributed by atoms with Gasteiger partial charge in [0.15, 0.2) is 0 Å². The molecule has 18 heavy (non-hydrogen) atoms. The topological polar surface area (TPSA) is 40.3 Å². The Balaban J connectivity index is 2.08. The van der Waals surface area contributed by atoms with Crippen molar-refractivity contribution < 1.29 is 9.90 Å². The van der Waals surface area contributed by atoms with Crippen molar-refractivity contribution in [3.8, 4) is 0 Å². The highest BCUT2D eigenvalue weighted by Gasteiger charge is 2.15. The molecule has 0 aromatic carbocycles. The van der Waals surface area contributed by atoms with Crippen LogP contribution in [0.5, 0.6) is 0 Å². The van der Waals surface area contributed by atoms with Crippen molar-refractivity contribution >= 4 is 40.4 Å². The van der Waals surface area contributed by atoms with E-state index in [2.05, 4.69) is 11.5 Å². The zero-order valence-corrected chi connectivity index (χ0v) is 12.9. The van der Waals surface area contributed by atoms with E-state index in [1.165, 1.54) is 45.4 Å². The van der Waals surface area contributed by atoms with Gasteiger partial charge in [-0.25, -0.2) is 4.58 Å². The molecule has 1 fully saturated rings. The lowest BCUT2D eigenvalue weighted by molar-refractivity contribution is -0.136. The van der Waals surface area contributed by atoms with Gasteiger partial charge in [0.2, 0.25) is 0 Å². The molecule has 2 heterocycles. The van der Waals surface area contributed by atoms with Crippen LogP contribution in [0.1, 0.15) is 30.6 Å². The van der Waals surface area contributed by atoms with Crippen LogP contribution in [0.3, 0.4) is 0 Å². The van der Waals surface area contributed by atoms with E-state index in [0.717, 1.165) is 0 Å². The van der Waals surface area contributed by atoms with Gasteiger partial charge in [0.05, 0.1) is 10.6 Å². The first-order chi connectivity index (χ1) is 8.66. The number of carbonyl (C=O) groups is 1. The molecule has 0 radical (unpaired) electrons. The molecule has 1 aromatic heterocycles. The number of piperidine rings is 1. The van der Waals surface area contributed by atoms with Crippen LogP contribution in [0.15, 0.2) is 4.21 Å². The van der Waals surface area contributed by atoms with Crippen molar-refractivity contribution in [3.63, 3.8) is 0 Å². The molecular formula is C12H18NO2S3+. The number of aryl methyl sites for hydroxylation is 1. The molecule has 0 atom stereocenters. The second-order valence-corrected chi connectivity index (χ2v) is 8.18. The fourth-order valence-electron chi connectivity index (χ4n) is 1.91. The van der Waals surface area contributed by atoms with E-state index in [-0.39, 0.29) is 6.42 Å². The number of thioether (sulfide) groups is 1. The normalized spacial score (nSPS) is 15.9. The molecule has 1 saturated heterocycles. The molecule has 0 amide bonds. The summed E-state index contributed by atoms with van der Waals surface area (Å²) in [7, 11) is 0. The quantitative estimate of drug-likeness (QED) is 0.687. The first-order valence-electron chi connectivity index (χ1n) is 6.20. The van der Waals surface area contributed by atoms with Gasteiger partial charge < -0.3 is 5.11 Å². The lowest BCUT2D eigenvalue weighted by atomic mass is 10.2. The standard InChI is InChI=1S/C12H17NO2S3/c1-9-11(16-8-5-10(14)15)18-12(17-9)13-6-3-2-4-7-13/h2-8H2,1H3/p+1. The van der Waals surface area contributed by atoms with Crippen molar-refractivity contribution in [3.05, 3.63) is 8.86 Å². The summed E-state index contributed by atoms with van der Waals surface area (Å²) in [5.41, 5.74) is 0. The summed E-state index contributed by atoms with van der Waals surface area (Å²) in [5, 5.41) is 8.65. The highest BCUT2D eigenvalue weighted by Crippen LogP contribution is 2.28. The SMILES string of the molecule is Cc1sc(=[N+]2CCCCC2)sc1SCCC(=O)O. The second kappa shape index (κ2) is 6.73. The number of carboxylic acids is 1. The Hall–Kier alpha value is -0.330. The molecule has 0 saturated carbocycles. The van der Waals surface area contributed by atoms with Gasteiger partial charge >= 0.3 is 9.95 Å². The van der Waals surface area contributed by atoms with E-state index in [1.54, 1.807) is 11.8 Å². The van der Waals surface area contributed by atoms with Gasteiger partial charge in [-0.05, 0) is 13.3 Å². The zero-order valence-electron chi connectivity index (χ0n) is 10.5. The van der Waals surface area contributed by atoms with Crippen molar-refractivity contribution in [1.29, 1.82) is 0 Å². The monoisotopic (exact) mass is 304 g/mol. The predicted octanol–water partition coefficient (Wildman–Crippen LogP) is 2.64. The third-order valence-electron chi connectivity index (χ3n) is 2.87. The minimum Gasteiger partial charge on any atom is -0.481 e. The number of nitrogens with zero attached hydrogens (tertiary/aromatic N) is 1. The van der Waals surface area contributed by atoms with Crippen molar-refractivity contribution in [2.75, 3.05) is 18.8 Å². The van der Waals surface area contributed by atoms with E-state index >= 15 is 0 Å². The largest absolute Gasteiger partial charge is 0.481 e. The third kappa shape index (κ3) is 3.83. The van der Waals surface area contributed by atoms with Crippen LogP contribution >= 0.6 is 34.4 Å². The Bertz CT molecular complexity index is 482. The highest BCUT2D eigenvalue weighted by atomic mass is 32.2. The number of hydrogen-bond acceptors (Lipinski definition) is 4. The van der Waals surface area contributed by atoms with Gasteiger partial charge in [0, 0.05) is 23.5 Å². The summed E-state index contributed by atoms with van der Waals surface area (Å²) < 4.78 is 5.17. The lowest BCUT2D eigenvalue weighted by Crippen LogP contribution is -2.31. The molecular weight excluding hydrogens is 286 g/mol. The van der Waals surface area contributed by atoms with Crippen LogP contribution in [0.25, 0.3) is 0 Å². The van der Waals surface area contributed by atoms with Crippen LogP contribution < -0.4 is 8.56 Å². The molecule has 1 N–H and O–H groups in total. The maximum absolute atomic E-state index is 10.5. The third-order valence-corrected chi connectivity index (χ3v) is 7.08. The molecule has 0 unspecified atom stereocenters. The first kappa shape index (κ1) is 14.1. The average molecular weight is 304 g/mol. The Morgan fingerprint density at radius 1 is 1.33 bits per heavy atom. The molecule has 0 aliphatic carbocycles. The molecule has 1 aliphatic rings. The minimum absolute atomic E-state index is 0.242. The van der Waals surface area contributed by atoms with Crippen LogP contribution in [-0.2, 0) is 4.79 Å². The fourth-order valence-corrected chi connectivity index (χ4v) is 6.07. The van der Waals surface area contributed by atoms with Crippen molar-refractivity contribution in [2.24, 2.45) is 0 Å². The van der Waals surface area contributed by atoms with Crippen LogP contribution in [0.4, 0.5) is 0 Å². The molecule has 6 heteroatoms. The molecule has 1 aromatic rings. The summed E-state index contributed by atoms with van der Waals surface area (Å²) in [5.74, 6) is -0.0420. The predicted molar refractivity (Wildman–Crippen MR) is 78.8 cm³/mol. The Labute approximate surface area is 119 Å². The van der Waals surface area contributed by atoms with Gasteiger partial charge in [-0.1, -0.05) is 22.7 Å². The zero-order chi connectivity index (χ0) is 13.0. The van der Waals surface area contributed by atoms with Gasteiger partial charge in [0.25, 0.3) is 0 Å². The Morgan fingerprint density at radius 2 is 2.06 bits per heavy atom. The summed E-state index contributed by atoms with van der Waals surface area (Å²) >= 11 is 5.37. The molecule has 1 aliphatic heterocycles. The smallest absolute Gasteiger partial charge is 0.315 e. The number of hydrogen-bond donors (Lipinski definition) is 1. The maximum Gasteiger partial charge on any atom is 0.315 e. The molecule has 3 nitrogen and oxygen atoms in total. The average Bonchev–Trinajstić information content (AvgIpc) is 2.72. The van der Waals surface area contributed by atoms with Gasteiger partial charge in [-0.2, -0.15) is 0 Å². The molecule has 100 valence electrons. The molecule has 2 rings (SSSR count). The van der Waals surface area contributed by atoms with Gasteiger partial charge in [-0.3, -0.25) is 4.79 Å².